The van der Waals surface area contributed by atoms with Crippen LogP contribution in [0, 0.1) is 6.92 Å². The number of carbonyl (C=O) groups is 1. The largest absolute Gasteiger partial charge is 0.399 e. The highest BCUT2D eigenvalue weighted by atomic mass is 32.1. The lowest BCUT2D eigenvalue weighted by molar-refractivity contribution is 0.0727. The van der Waals surface area contributed by atoms with E-state index in [-0.39, 0.29) is 5.91 Å². The van der Waals surface area contributed by atoms with Crippen LogP contribution in [0.4, 0.5) is 5.69 Å². The lowest BCUT2D eigenvalue weighted by Gasteiger charge is -2.28. The van der Waals surface area contributed by atoms with Crippen molar-refractivity contribution in [2.75, 3.05) is 12.3 Å². The van der Waals surface area contributed by atoms with Crippen LogP contribution < -0.4 is 5.73 Å². The van der Waals surface area contributed by atoms with Gasteiger partial charge in [0.25, 0.3) is 5.91 Å². The van der Waals surface area contributed by atoms with Gasteiger partial charge in [-0.25, -0.2) is 4.98 Å². The average Bonchev–Trinajstić information content (AvgIpc) is 2.79. The predicted molar refractivity (Wildman–Crippen MR) is 76.1 cm³/mol. The molecule has 0 aliphatic carbocycles. The zero-order chi connectivity index (χ0) is 13.4. The third-order valence-electron chi connectivity index (χ3n) is 3.30. The van der Waals surface area contributed by atoms with Gasteiger partial charge in [-0.2, -0.15) is 0 Å². The second-order valence-corrected chi connectivity index (χ2v) is 5.72. The number of hydrogen-bond acceptors (Lipinski definition) is 4. The van der Waals surface area contributed by atoms with Gasteiger partial charge >= 0.3 is 0 Å². The van der Waals surface area contributed by atoms with Crippen molar-refractivity contribution in [2.24, 2.45) is 0 Å². The summed E-state index contributed by atoms with van der Waals surface area (Å²) in [4.78, 5) is 18.7. The number of anilines is 1. The van der Waals surface area contributed by atoms with Crippen LogP contribution in [-0.2, 0) is 13.0 Å². The van der Waals surface area contributed by atoms with E-state index in [1.165, 1.54) is 0 Å². The van der Waals surface area contributed by atoms with Gasteiger partial charge in [0.05, 0.1) is 6.54 Å². The number of amides is 1. The average molecular weight is 273 g/mol. The number of hydrogen-bond donors (Lipinski definition) is 1. The first kappa shape index (κ1) is 12.2. The van der Waals surface area contributed by atoms with Crippen molar-refractivity contribution in [3.05, 3.63) is 45.4 Å². The molecule has 19 heavy (non-hydrogen) atoms. The number of nitrogen functional groups attached to an aromatic ring is 1. The summed E-state index contributed by atoms with van der Waals surface area (Å²) in [6.45, 7) is 3.30. The Hall–Kier alpha value is -1.88. The standard InChI is InChI=1S/C14H15N3OS/c1-9-8-19-13(16-9)7-17-5-4-10-2-3-11(15)6-12(10)14(17)18/h2-3,6,8H,4-5,7,15H2,1H3. The number of carbonyl (C=O) groups excluding carboxylic acids is 1. The zero-order valence-corrected chi connectivity index (χ0v) is 11.5. The number of thiazole rings is 1. The van der Waals surface area contributed by atoms with E-state index in [0.717, 1.165) is 34.8 Å². The van der Waals surface area contributed by atoms with E-state index in [2.05, 4.69) is 4.98 Å². The SMILES string of the molecule is Cc1csc(CN2CCc3ccc(N)cc3C2=O)n1. The number of nitrogens with zero attached hydrogens (tertiary/aromatic N) is 2. The van der Waals surface area contributed by atoms with E-state index in [9.17, 15) is 4.79 Å². The Morgan fingerprint density at radius 3 is 3.05 bits per heavy atom. The summed E-state index contributed by atoms with van der Waals surface area (Å²) in [5.41, 5.74) is 9.24. The molecular weight excluding hydrogens is 258 g/mol. The van der Waals surface area contributed by atoms with Gasteiger partial charge in [-0.1, -0.05) is 6.07 Å². The van der Waals surface area contributed by atoms with Crippen LogP contribution in [-0.4, -0.2) is 22.3 Å². The molecule has 1 aromatic carbocycles. The Bertz CT molecular complexity index is 635. The summed E-state index contributed by atoms with van der Waals surface area (Å²) in [7, 11) is 0. The molecule has 5 heteroatoms. The van der Waals surface area contributed by atoms with Crippen LogP contribution in [0.15, 0.2) is 23.6 Å². The molecule has 3 rings (SSSR count). The molecule has 0 bridgehead atoms. The topological polar surface area (TPSA) is 59.2 Å². The number of rotatable bonds is 2. The highest BCUT2D eigenvalue weighted by molar-refractivity contribution is 7.09. The Morgan fingerprint density at radius 2 is 2.32 bits per heavy atom. The molecule has 2 N–H and O–H groups in total. The Balaban J connectivity index is 1.85. The predicted octanol–water partition coefficient (Wildman–Crippen LogP) is 2.23. The van der Waals surface area contributed by atoms with Gasteiger partial charge in [-0.3, -0.25) is 4.79 Å². The quantitative estimate of drug-likeness (QED) is 0.854. The van der Waals surface area contributed by atoms with Gasteiger partial charge in [0.1, 0.15) is 5.01 Å². The monoisotopic (exact) mass is 273 g/mol. The molecule has 98 valence electrons. The molecule has 1 aliphatic heterocycles. The van der Waals surface area contributed by atoms with Gasteiger partial charge in [0.15, 0.2) is 0 Å². The van der Waals surface area contributed by atoms with Crippen molar-refractivity contribution in [3.63, 3.8) is 0 Å². The molecule has 2 heterocycles. The normalized spacial score (nSPS) is 14.6. The van der Waals surface area contributed by atoms with E-state index >= 15 is 0 Å². The first-order valence-corrected chi connectivity index (χ1v) is 7.10. The zero-order valence-electron chi connectivity index (χ0n) is 10.7. The van der Waals surface area contributed by atoms with E-state index in [1.54, 1.807) is 17.4 Å². The number of aryl methyl sites for hydroxylation is 1. The van der Waals surface area contributed by atoms with Gasteiger partial charge in [-0.15, -0.1) is 11.3 Å². The Labute approximate surface area is 115 Å². The van der Waals surface area contributed by atoms with Crippen molar-refractivity contribution in [1.29, 1.82) is 0 Å². The maximum Gasteiger partial charge on any atom is 0.254 e. The van der Waals surface area contributed by atoms with Gasteiger partial charge in [-0.05, 0) is 31.0 Å². The molecule has 4 nitrogen and oxygen atoms in total. The summed E-state index contributed by atoms with van der Waals surface area (Å²) < 4.78 is 0. The molecule has 1 amide bonds. The number of benzene rings is 1. The molecule has 2 aromatic rings. The van der Waals surface area contributed by atoms with E-state index < -0.39 is 0 Å². The lowest BCUT2D eigenvalue weighted by Crippen LogP contribution is -2.37. The molecule has 0 unspecified atom stereocenters. The van der Waals surface area contributed by atoms with Crippen molar-refractivity contribution in [3.8, 4) is 0 Å². The molecular formula is C14H15N3OS. The molecule has 0 atom stereocenters. The summed E-state index contributed by atoms with van der Waals surface area (Å²) in [6, 6.07) is 5.58. The van der Waals surface area contributed by atoms with Crippen LogP contribution in [0.3, 0.4) is 0 Å². The van der Waals surface area contributed by atoms with Crippen molar-refractivity contribution < 1.29 is 4.79 Å². The summed E-state index contributed by atoms with van der Waals surface area (Å²) >= 11 is 1.60. The molecule has 0 saturated heterocycles. The smallest absolute Gasteiger partial charge is 0.254 e. The number of fused-ring (bicyclic) bond motifs is 1. The highest BCUT2D eigenvalue weighted by Crippen LogP contribution is 2.23. The number of nitrogens with two attached hydrogens (primary N) is 1. The van der Waals surface area contributed by atoms with Gasteiger partial charge in [0.2, 0.25) is 0 Å². The molecule has 0 spiro atoms. The van der Waals surface area contributed by atoms with E-state index in [4.69, 9.17) is 5.73 Å². The Kier molecular flexibility index (Phi) is 2.98. The minimum atomic E-state index is 0.0569. The second-order valence-electron chi connectivity index (χ2n) is 4.78. The van der Waals surface area contributed by atoms with Crippen LogP contribution in [0.1, 0.15) is 26.6 Å². The minimum absolute atomic E-state index is 0.0569. The highest BCUT2D eigenvalue weighted by Gasteiger charge is 2.24. The van der Waals surface area contributed by atoms with Crippen LogP contribution in [0.2, 0.25) is 0 Å². The van der Waals surface area contributed by atoms with Crippen molar-refractivity contribution in [1.82, 2.24) is 9.88 Å². The molecule has 0 saturated carbocycles. The molecule has 1 aliphatic rings. The summed E-state index contributed by atoms with van der Waals surface area (Å²) in [5, 5.41) is 2.99. The van der Waals surface area contributed by atoms with Crippen LogP contribution >= 0.6 is 11.3 Å². The third-order valence-corrected chi connectivity index (χ3v) is 4.25. The van der Waals surface area contributed by atoms with Gasteiger partial charge < -0.3 is 10.6 Å². The van der Waals surface area contributed by atoms with Crippen molar-refractivity contribution in [2.45, 2.75) is 19.9 Å². The molecule has 1 aromatic heterocycles. The maximum absolute atomic E-state index is 12.4. The fourth-order valence-corrected chi connectivity index (χ4v) is 3.11. The molecule has 0 radical (unpaired) electrons. The fourth-order valence-electron chi connectivity index (χ4n) is 2.33. The summed E-state index contributed by atoms with van der Waals surface area (Å²) in [6.07, 6.45) is 0.881. The third kappa shape index (κ3) is 2.33. The first-order valence-electron chi connectivity index (χ1n) is 6.22. The van der Waals surface area contributed by atoms with Gasteiger partial charge in [0, 0.05) is 28.9 Å². The Morgan fingerprint density at radius 1 is 1.47 bits per heavy atom. The minimum Gasteiger partial charge on any atom is -0.399 e. The van der Waals surface area contributed by atoms with E-state index in [1.807, 2.05) is 29.3 Å². The number of aromatic nitrogens is 1. The van der Waals surface area contributed by atoms with E-state index in [0.29, 0.717) is 12.2 Å². The van der Waals surface area contributed by atoms with Crippen LogP contribution in [0.25, 0.3) is 0 Å². The summed E-state index contributed by atoms with van der Waals surface area (Å²) in [5.74, 6) is 0.0569. The second kappa shape index (κ2) is 4.66. The lowest BCUT2D eigenvalue weighted by atomic mass is 9.98. The first-order chi connectivity index (χ1) is 9.13. The van der Waals surface area contributed by atoms with Crippen molar-refractivity contribution >= 4 is 22.9 Å². The maximum atomic E-state index is 12.4. The fraction of sp³-hybridized carbons (Fsp3) is 0.286. The molecule has 0 fully saturated rings. The van der Waals surface area contributed by atoms with Crippen LogP contribution in [0.5, 0.6) is 0 Å².